The SMILES string of the molecule is COc1cc(CCC(=O)N(C)c2ccc(OCC(=O)O)cc2)cc(OC)c1. The first-order valence-electron chi connectivity index (χ1n) is 8.36. The molecule has 0 fully saturated rings. The third-order valence-corrected chi connectivity index (χ3v) is 4.00. The molecule has 0 unspecified atom stereocenters. The van der Waals surface area contributed by atoms with Crippen molar-refractivity contribution in [2.45, 2.75) is 12.8 Å². The Bertz CT molecular complexity index is 765. The second kappa shape index (κ2) is 9.47. The number of carboxylic acids is 1. The summed E-state index contributed by atoms with van der Waals surface area (Å²) in [6, 6.07) is 12.2. The zero-order chi connectivity index (χ0) is 19.8. The molecule has 144 valence electrons. The van der Waals surface area contributed by atoms with Crippen LogP contribution in [0.2, 0.25) is 0 Å². The maximum absolute atomic E-state index is 12.5. The smallest absolute Gasteiger partial charge is 0.341 e. The Labute approximate surface area is 158 Å². The standard InChI is InChI=1S/C20H23NO6/c1-21(15-5-7-16(8-6-15)27-13-20(23)24)19(22)9-4-14-10-17(25-2)12-18(11-14)26-3/h5-8,10-12H,4,9,13H2,1-3H3,(H,23,24). The lowest BCUT2D eigenvalue weighted by Gasteiger charge is -2.18. The highest BCUT2D eigenvalue weighted by molar-refractivity contribution is 5.92. The zero-order valence-electron chi connectivity index (χ0n) is 15.6. The van der Waals surface area contributed by atoms with E-state index in [1.165, 1.54) is 0 Å². The number of hydrogen-bond donors (Lipinski definition) is 1. The van der Waals surface area contributed by atoms with Crippen LogP contribution in [0.25, 0.3) is 0 Å². The minimum atomic E-state index is -1.04. The van der Waals surface area contributed by atoms with Crippen LogP contribution in [-0.4, -0.2) is 44.9 Å². The van der Waals surface area contributed by atoms with Gasteiger partial charge in [0.25, 0.3) is 0 Å². The van der Waals surface area contributed by atoms with Gasteiger partial charge in [0.15, 0.2) is 6.61 Å². The number of hydrogen-bond acceptors (Lipinski definition) is 5. The van der Waals surface area contributed by atoms with E-state index >= 15 is 0 Å². The topological polar surface area (TPSA) is 85.3 Å². The Morgan fingerprint density at radius 2 is 1.56 bits per heavy atom. The molecule has 1 N–H and O–H groups in total. The molecular weight excluding hydrogens is 350 g/mol. The Kier molecular flexibility index (Phi) is 7.05. The van der Waals surface area contributed by atoms with Crippen molar-refractivity contribution in [1.82, 2.24) is 0 Å². The number of nitrogens with zero attached hydrogens (tertiary/aromatic N) is 1. The molecule has 0 atom stereocenters. The summed E-state index contributed by atoms with van der Waals surface area (Å²) in [6.07, 6.45) is 0.876. The lowest BCUT2D eigenvalue weighted by molar-refractivity contribution is -0.139. The average molecular weight is 373 g/mol. The Balaban J connectivity index is 1.96. The number of methoxy groups -OCH3 is 2. The van der Waals surface area contributed by atoms with Crippen molar-refractivity contribution in [1.29, 1.82) is 0 Å². The van der Waals surface area contributed by atoms with Crippen LogP contribution in [-0.2, 0) is 16.0 Å². The van der Waals surface area contributed by atoms with Crippen molar-refractivity contribution in [2.75, 3.05) is 32.8 Å². The highest BCUT2D eigenvalue weighted by Gasteiger charge is 2.12. The van der Waals surface area contributed by atoms with E-state index in [0.717, 1.165) is 5.56 Å². The average Bonchev–Trinajstić information content (AvgIpc) is 2.69. The van der Waals surface area contributed by atoms with E-state index in [9.17, 15) is 9.59 Å². The molecule has 2 rings (SSSR count). The first kappa shape index (κ1) is 20.1. The first-order valence-corrected chi connectivity index (χ1v) is 8.36. The summed E-state index contributed by atoms with van der Waals surface area (Å²) in [4.78, 5) is 24.5. The van der Waals surface area contributed by atoms with Crippen molar-refractivity contribution >= 4 is 17.6 Å². The number of benzene rings is 2. The number of carboxylic acid groups (broad SMARTS) is 1. The molecule has 27 heavy (non-hydrogen) atoms. The van der Waals surface area contributed by atoms with E-state index in [0.29, 0.717) is 35.8 Å². The normalized spacial score (nSPS) is 10.2. The van der Waals surface area contributed by atoms with Gasteiger partial charge in [-0.05, 0) is 48.4 Å². The molecule has 0 aromatic heterocycles. The largest absolute Gasteiger partial charge is 0.497 e. The summed E-state index contributed by atoms with van der Waals surface area (Å²) in [5, 5.41) is 8.62. The quantitative estimate of drug-likeness (QED) is 0.727. The number of rotatable bonds is 9. The second-order valence-electron chi connectivity index (χ2n) is 5.85. The van der Waals surface area contributed by atoms with E-state index in [-0.39, 0.29) is 5.91 Å². The molecular formula is C20H23NO6. The number of carbonyl (C=O) groups excluding carboxylic acids is 1. The summed E-state index contributed by atoms with van der Waals surface area (Å²) in [5.41, 5.74) is 1.65. The fraction of sp³-hybridized carbons (Fsp3) is 0.300. The van der Waals surface area contributed by atoms with E-state index in [1.807, 2.05) is 12.1 Å². The maximum atomic E-state index is 12.5. The van der Waals surface area contributed by atoms with Crippen molar-refractivity contribution in [3.05, 3.63) is 48.0 Å². The van der Waals surface area contributed by atoms with Gasteiger partial charge in [-0.1, -0.05) is 0 Å². The molecule has 0 radical (unpaired) electrons. The van der Waals surface area contributed by atoms with Crippen molar-refractivity contribution in [3.63, 3.8) is 0 Å². The van der Waals surface area contributed by atoms with Gasteiger partial charge in [0.1, 0.15) is 17.2 Å². The number of aliphatic carboxylic acids is 1. The molecule has 0 saturated heterocycles. The minimum absolute atomic E-state index is 0.0454. The number of amides is 1. The van der Waals surface area contributed by atoms with Crippen LogP contribution in [0.4, 0.5) is 5.69 Å². The molecule has 1 amide bonds. The Morgan fingerprint density at radius 3 is 2.07 bits per heavy atom. The number of anilines is 1. The van der Waals surface area contributed by atoms with Crippen LogP contribution >= 0.6 is 0 Å². The van der Waals surface area contributed by atoms with E-state index in [4.69, 9.17) is 19.3 Å². The predicted octanol–water partition coefficient (Wildman–Crippen LogP) is 2.76. The van der Waals surface area contributed by atoms with Crippen LogP contribution in [0.5, 0.6) is 17.2 Å². The van der Waals surface area contributed by atoms with Crippen molar-refractivity contribution in [2.24, 2.45) is 0 Å². The summed E-state index contributed by atoms with van der Waals surface area (Å²) in [6.45, 7) is -0.405. The van der Waals surface area contributed by atoms with Crippen LogP contribution < -0.4 is 19.1 Å². The lowest BCUT2D eigenvalue weighted by atomic mass is 10.1. The number of carbonyl (C=O) groups is 2. The van der Waals surface area contributed by atoms with Crippen molar-refractivity contribution in [3.8, 4) is 17.2 Å². The van der Waals surface area contributed by atoms with Gasteiger partial charge in [-0.25, -0.2) is 4.79 Å². The molecule has 7 nitrogen and oxygen atoms in total. The van der Waals surface area contributed by atoms with Gasteiger partial charge in [0, 0.05) is 25.2 Å². The van der Waals surface area contributed by atoms with Crippen LogP contribution in [0.15, 0.2) is 42.5 Å². The molecule has 0 aliphatic heterocycles. The molecule has 0 heterocycles. The van der Waals surface area contributed by atoms with Crippen LogP contribution in [0, 0.1) is 0 Å². The summed E-state index contributed by atoms with van der Waals surface area (Å²) in [7, 11) is 4.87. The molecule has 0 saturated carbocycles. The van der Waals surface area contributed by atoms with Gasteiger partial charge in [-0.15, -0.1) is 0 Å². The highest BCUT2D eigenvalue weighted by Crippen LogP contribution is 2.24. The molecule has 0 spiro atoms. The summed E-state index contributed by atoms with van der Waals surface area (Å²) >= 11 is 0. The highest BCUT2D eigenvalue weighted by atomic mass is 16.5. The van der Waals surface area contributed by atoms with E-state index in [1.54, 1.807) is 56.5 Å². The third-order valence-electron chi connectivity index (χ3n) is 4.00. The molecule has 0 aliphatic rings. The monoisotopic (exact) mass is 373 g/mol. The second-order valence-corrected chi connectivity index (χ2v) is 5.85. The van der Waals surface area contributed by atoms with Gasteiger partial charge in [0.05, 0.1) is 14.2 Å². The number of ether oxygens (including phenoxy) is 3. The molecule has 0 aliphatic carbocycles. The van der Waals surface area contributed by atoms with Gasteiger partial charge in [0.2, 0.25) is 5.91 Å². The fourth-order valence-electron chi connectivity index (χ4n) is 2.48. The third kappa shape index (κ3) is 5.91. The van der Waals surface area contributed by atoms with E-state index in [2.05, 4.69) is 0 Å². The predicted molar refractivity (Wildman–Crippen MR) is 101 cm³/mol. The van der Waals surface area contributed by atoms with Gasteiger partial charge in [-0.2, -0.15) is 0 Å². The van der Waals surface area contributed by atoms with Crippen LogP contribution in [0.3, 0.4) is 0 Å². The summed E-state index contributed by atoms with van der Waals surface area (Å²) in [5.74, 6) is 0.714. The fourth-order valence-corrected chi connectivity index (χ4v) is 2.48. The van der Waals surface area contributed by atoms with Gasteiger partial charge < -0.3 is 24.2 Å². The molecule has 2 aromatic rings. The number of aryl methyl sites for hydroxylation is 1. The Hall–Kier alpha value is -3.22. The zero-order valence-corrected chi connectivity index (χ0v) is 15.6. The molecule has 0 bridgehead atoms. The maximum Gasteiger partial charge on any atom is 0.341 e. The summed E-state index contributed by atoms with van der Waals surface area (Å²) < 4.78 is 15.6. The minimum Gasteiger partial charge on any atom is -0.497 e. The van der Waals surface area contributed by atoms with Crippen LogP contribution in [0.1, 0.15) is 12.0 Å². The van der Waals surface area contributed by atoms with E-state index < -0.39 is 12.6 Å². The molecule has 2 aromatic carbocycles. The van der Waals surface area contributed by atoms with Gasteiger partial charge >= 0.3 is 5.97 Å². The van der Waals surface area contributed by atoms with Crippen molar-refractivity contribution < 1.29 is 28.9 Å². The first-order chi connectivity index (χ1) is 12.9. The Morgan fingerprint density at radius 1 is 0.963 bits per heavy atom. The molecule has 7 heteroatoms. The van der Waals surface area contributed by atoms with Gasteiger partial charge in [-0.3, -0.25) is 4.79 Å². The lowest BCUT2D eigenvalue weighted by Crippen LogP contribution is -2.26.